The molecule has 1 aromatic rings. The maximum Gasteiger partial charge on any atom is 0.314 e. The third kappa shape index (κ3) is 3.66. The largest absolute Gasteiger partial charge is 0.481 e. The molecule has 0 fully saturated rings. The summed E-state index contributed by atoms with van der Waals surface area (Å²) < 4.78 is 5.59. The van der Waals surface area contributed by atoms with Gasteiger partial charge in [0.2, 0.25) is 0 Å². The highest BCUT2D eigenvalue weighted by molar-refractivity contribution is 9.10. The predicted molar refractivity (Wildman–Crippen MR) is 61.2 cm³/mol. The monoisotopic (exact) mass is 286 g/mol. The molecule has 0 radical (unpaired) electrons. The standard InChI is InChI=1S/C11H11BrO4/c1-7(13)16-6-10(11(14)15)8-2-4-9(12)5-3-8/h2-5,10H,6H2,1H3,(H,14,15)/t10-/m0/s1. The van der Waals surface area contributed by atoms with Crippen molar-refractivity contribution in [3.05, 3.63) is 34.3 Å². The molecule has 0 saturated heterocycles. The first-order chi connectivity index (χ1) is 7.50. The number of carbonyl (C=O) groups excluding carboxylic acids is 1. The van der Waals surface area contributed by atoms with Crippen LogP contribution in [0.5, 0.6) is 0 Å². The highest BCUT2D eigenvalue weighted by atomic mass is 79.9. The van der Waals surface area contributed by atoms with Crippen molar-refractivity contribution in [3.8, 4) is 0 Å². The molecule has 0 aliphatic heterocycles. The van der Waals surface area contributed by atoms with Crippen LogP contribution < -0.4 is 0 Å². The van der Waals surface area contributed by atoms with Crippen LogP contribution in [0.25, 0.3) is 0 Å². The summed E-state index contributed by atoms with van der Waals surface area (Å²) in [4.78, 5) is 21.6. The average Bonchev–Trinajstić information content (AvgIpc) is 2.20. The summed E-state index contributed by atoms with van der Waals surface area (Å²) in [5.41, 5.74) is 0.608. The minimum atomic E-state index is -1.01. The number of rotatable bonds is 4. The molecule has 0 aliphatic rings. The normalized spacial score (nSPS) is 11.9. The van der Waals surface area contributed by atoms with Gasteiger partial charge in [0.15, 0.2) is 0 Å². The second kappa shape index (κ2) is 5.65. The van der Waals surface area contributed by atoms with Gasteiger partial charge >= 0.3 is 11.9 Å². The maximum absolute atomic E-state index is 11.0. The van der Waals surface area contributed by atoms with Crippen molar-refractivity contribution in [2.24, 2.45) is 0 Å². The second-order valence-corrected chi connectivity index (χ2v) is 4.16. The first-order valence-electron chi connectivity index (χ1n) is 4.62. The molecule has 1 aromatic carbocycles. The Kier molecular flexibility index (Phi) is 4.49. The Balaban J connectivity index is 2.81. The Morgan fingerprint density at radius 3 is 2.38 bits per heavy atom. The number of ether oxygens (including phenoxy) is 1. The predicted octanol–water partition coefficient (Wildman–Crippen LogP) is 2.18. The van der Waals surface area contributed by atoms with Gasteiger partial charge in [-0.3, -0.25) is 9.59 Å². The summed E-state index contributed by atoms with van der Waals surface area (Å²) in [6, 6.07) is 6.87. The molecule has 0 aliphatic carbocycles. The van der Waals surface area contributed by atoms with E-state index in [-0.39, 0.29) is 6.61 Å². The van der Waals surface area contributed by atoms with Crippen LogP contribution in [0.3, 0.4) is 0 Å². The number of benzene rings is 1. The van der Waals surface area contributed by atoms with Gasteiger partial charge in [-0.2, -0.15) is 0 Å². The molecule has 0 spiro atoms. The summed E-state index contributed by atoms with van der Waals surface area (Å²) in [5.74, 6) is -2.32. The Morgan fingerprint density at radius 2 is 1.94 bits per heavy atom. The number of esters is 1. The zero-order chi connectivity index (χ0) is 12.1. The van der Waals surface area contributed by atoms with Crippen molar-refractivity contribution in [2.45, 2.75) is 12.8 Å². The summed E-state index contributed by atoms with van der Waals surface area (Å²) in [6.45, 7) is 1.10. The Morgan fingerprint density at radius 1 is 1.38 bits per heavy atom. The molecule has 0 saturated carbocycles. The van der Waals surface area contributed by atoms with E-state index < -0.39 is 17.9 Å². The lowest BCUT2D eigenvalue weighted by Crippen LogP contribution is -2.19. The lowest BCUT2D eigenvalue weighted by Gasteiger charge is -2.12. The number of hydrogen-bond donors (Lipinski definition) is 1. The van der Waals surface area contributed by atoms with E-state index in [1.807, 2.05) is 0 Å². The number of hydrogen-bond acceptors (Lipinski definition) is 3. The summed E-state index contributed by atoms with van der Waals surface area (Å²) in [5, 5.41) is 9.01. The minimum absolute atomic E-state index is 0.147. The fourth-order valence-electron chi connectivity index (χ4n) is 1.21. The first kappa shape index (κ1) is 12.7. The second-order valence-electron chi connectivity index (χ2n) is 3.24. The number of carboxylic acids is 1. The van der Waals surface area contributed by atoms with Crippen molar-refractivity contribution >= 4 is 27.9 Å². The molecule has 1 rings (SSSR count). The number of halogens is 1. The van der Waals surface area contributed by atoms with Crippen molar-refractivity contribution in [2.75, 3.05) is 6.61 Å². The number of aliphatic carboxylic acids is 1. The Bertz CT molecular complexity index is 385. The summed E-state index contributed by atoms with van der Waals surface area (Å²) in [6.07, 6.45) is 0. The average molecular weight is 287 g/mol. The van der Waals surface area contributed by atoms with Gasteiger partial charge < -0.3 is 9.84 Å². The van der Waals surface area contributed by atoms with E-state index in [9.17, 15) is 9.59 Å². The summed E-state index contributed by atoms with van der Waals surface area (Å²) in [7, 11) is 0. The molecule has 1 atom stereocenters. The van der Waals surface area contributed by atoms with E-state index in [0.717, 1.165) is 4.47 Å². The quantitative estimate of drug-likeness (QED) is 0.862. The molecular weight excluding hydrogens is 276 g/mol. The third-order valence-corrected chi connectivity index (χ3v) is 2.55. The summed E-state index contributed by atoms with van der Waals surface area (Å²) >= 11 is 3.26. The number of carbonyl (C=O) groups is 2. The van der Waals surface area contributed by atoms with Gasteiger partial charge in [-0.1, -0.05) is 28.1 Å². The third-order valence-electron chi connectivity index (χ3n) is 2.02. The molecule has 5 heteroatoms. The van der Waals surface area contributed by atoms with Gasteiger partial charge in [-0.25, -0.2) is 0 Å². The molecule has 1 N–H and O–H groups in total. The SMILES string of the molecule is CC(=O)OC[C@H](C(=O)O)c1ccc(Br)cc1. The molecule has 86 valence electrons. The van der Waals surface area contributed by atoms with Crippen LogP contribution >= 0.6 is 15.9 Å². The maximum atomic E-state index is 11.0. The van der Waals surface area contributed by atoms with Gasteiger partial charge in [-0.05, 0) is 17.7 Å². The van der Waals surface area contributed by atoms with Crippen LogP contribution in [-0.4, -0.2) is 23.7 Å². The van der Waals surface area contributed by atoms with Crippen molar-refractivity contribution in [1.82, 2.24) is 0 Å². The molecule has 16 heavy (non-hydrogen) atoms. The lowest BCUT2D eigenvalue weighted by molar-refractivity contribution is -0.146. The fraction of sp³-hybridized carbons (Fsp3) is 0.273. The lowest BCUT2D eigenvalue weighted by atomic mass is 10.0. The highest BCUT2D eigenvalue weighted by Gasteiger charge is 2.21. The van der Waals surface area contributed by atoms with E-state index in [1.54, 1.807) is 24.3 Å². The van der Waals surface area contributed by atoms with Gasteiger partial charge in [0, 0.05) is 11.4 Å². The van der Waals surface area contributed by atoms with Gasteiger partial charge in [0.25, 0.3) is 0 Å². The van der Waals surface area contributed by atoms with E-state index in [0.29, 0.717) is 5.56 Å². The van der Waals surface area contributed by atoms with E-state index in [2.05, 4.69) is 15.9 Å². The molecule has 0 bridgehead atoms. The van der Waals surface area contributed by atoms with Gasteiger partial charge in [0.1, 0.15) is 12.5 Å². The van der Waals surface area contributed by atoms with E-state index in [1.165, 1.54) is 6.92 Å². The van der Waals surface area contributed by atoms with Crippen LogP contribution in [0, 0.1) is 0 Å². The topological polar surface area (TPSA) is 63.6 Å². The van der Waals surface area contributed by atoms with Crippen LogP contribution in [0.15, 0.2) is 28.7 Å². The van der Waals surface area contributed by atoms with Crippen molar-refractivity contribution in [1.29, 1.82) is 0 Å². The zero-order valence-corrected chi connectivity index (χ0v) is 10.2. The van der Waals surface area contributed by atoms with E-state index in [4.69, 9.17) is 9.84 Å². The molecule has 4 nitrogen and oxygen atoms in total. The first-order valence-corrected chi connectivity index (χ1v) is 5.41. The molecular formula is C11H11BrO4. The van der Waals surface area contributed by atoms with Crippen LogP contribution in [0.2, 0.25) is 0 Å². The minimum Gasteiger partial charge on any atom is -0.481 e. The Hall–Kier alpha value is -1.36. The fourth-order valence-corrected chi connectivity index (χ4v) is 1.47. The van der Waals surface area contributed by atoms with Gasteiger partial charge in [-0.15, -0.1) is 0 Å². The van der Waals surface area contributed by atoms with Crippen LogP contribution in [-0.2, 0) is 14.3 Å². The van der Waals surface area contributed by atoms with E-state index >= 15 is 0 Å². The molecule has 0 heterocycles. The smallest absolute Gasteiger partial charge is 0.314 e. The zero-order valence-electron chi connectivity index (χ0n) is 8.64. The van der Waals surface area contributed by atoms with Crippen molar-refractivity contribution in [3.63, 3.8) is 0 Å². The highest BCUT2D eigenvalue weighted by Crippen LogP contribution is 2.19. The van der Waals surface area contributed by atoms with Crippen LogP contribution in [0.4, 0.5) is 0 Å². The molecule has 0 amide bonds. The van der Waals surface area contributed by atoms with Crippen molar-refractivity contribution < 1.29 is 19.4 Å². The van der Waals surface area contributed by atoms with Gasteiger partial charge in [0.05, 0.1) is 0 Å². The number of carboxylic acid groups (broad SMARTS) is 1. The Labute approximate surface area is 101 Å². The van der Waals surface area contributed by atoms with Crippen LogP contribution in [0.1, 0.15) is 18.4 Å². The molecule has 0 aromatic heterocycles. The molecule has 0 unspecified atom stereocenters.